The third-order valence-electron chi connectivity index (χ3n) is 11.5. The minimum atomic E-state index is -0.368. The maximum atomic E-state index is 4.29. The van der Waals surface area contributed by atoms with Crippen LogP contribution in [-0.4, -0.2) is 4.57 Å². The van der Waals surface area contributed by atoms with E-state index in [0.717, 1.165) is 22.6 Å². The number of anilines is 3. The van der Waals surface area contributed by atoms with Gasteiger partial charge in [0.2, 0.25) is 0 Å². The first-order valence-corrected chi connectivity index (χ1v) is 18.3. The molecule has 0 bridgehead atoms. The molecule has 1 aromatic heterocycles. The SMILES string of the molecule is C=Cc1c(C=C)n(-c2ccccc2)c2c3c(ccc12)N(c1ccccc1)c1ccc(-c2ccc4c5ccccc5c5ccccc5c4c2)cc1C3(C)C. The highest BCUT2D eigenvalue weighted by Gasteiger charge is 2.40. The number of para-hydroxylation sites is 2. The molecule has 0 unspecified atom stereocenters. The van der Waals surface area contributed by atoms with Gasteiger partial charge in [0, 0.05) is 33.3 Å². The van der Waals surface area contributed by atoms with Crippen molar-refractivity contribution in [2.75, 3.05) is 4.90 Å². The third kappa shape index (κ3) is 4.45. The smallest absolute Gasteiger partial charge is 0.0602 e. The quantitative estimate of drug-likeness (QED) is 0.165. The Balaban J connectivity index is 1.26. The number of fused-ring (bicyclic) bond motifs is 10. The Morgan fingerprint density at radius 1 is 0.472 bits per heavy atom. The first-order chi connectivity index (χ1) is 26.0. The normalized spacial score (nSPS) is 13.4. The zero-order valence-corrected chi connectivity index (χ0v) is 30.0. The van der Waals surface area contributed by atoms with Crippen LogP contribution in [0, 0.1) is 0 Å². The molecule has 0 amide bonds. The number of aromatic nitrogens is 1. The Labute approximate surface area is 310 Å². The molecule has 0 fully saturated rings. The average molecular weight is 679 g/mol. The van der Waals surface area contributed by atoms with E-state index >= 15 is 0 Å². The summed E-state index contributed by atoms with van der Waals surface area (Å²) in [6, 6.07) is 57.7. The maximum Gasteiger partial charge on any atom is 0.0602 e. The summed E-state index contributed by atoms with van der Waals surface area (Å²) >= 11 is 0. The van der Waals surface area contributed by atoms with Crippen molar-refractivity contribution in [2.45, 2.75) is 19.3 Å². The van der Waals surface area contributed by atoms with Gasteiger partial charge in [-0.25, -0.2) is 0 Å². The Morgan fingerprint density at radius 2 is 0.981 bits per heavy atom. The Morgan fingerprint density at radius 3 is 1.60 bits per heavy atom. The molecule has 252 valence electrons. The summed E-state index contributed by atoms with van der Waals surface area (Å²) in [5.41, 5.74) is 12.5. The van der Waals surface area contributed by atoms with E-state index < -0.39 is 0 Å². The average Bonchev–Trinajstić information content (AvgIpc) is 3.54. The van der Waals surface area contributed by atoms with E-state index in [-0.39, 0.29) is 5.41 Å². The van der Waals surface area contributed by atoms with E-state index in [0.29, 0.717) is 0 Å². The summed E-state index contributed by atoms with van der Waals surface area (Å²) in [4.78, 5) is 2.45. The third-order valence-corrected chi connectivity index (χ3v) is 11.5. The van der Waals surface area contributed by atoms with E-state index in [9.17, 15) is 0 Å². The number of rotatable bonds is 5. The molecule has 0 spiro atoms. The maximum absolute atomic E-state index is 4.29. The molecule has 53 heavy (non-hydrogen) atoms. The van der Waals surface area contributed by atoms with Crippen LogP contribution in [-0.2, 0) is 5.41 Å². The molecule has 1 aliphatic rings. The van der Waals surface area contributed by atoms with E-state index in [4.69, 9.17) is 0 Å². The lowest BCUT2D eigenvalue weighted by molar-refractivity contribution is 0.635. The molecule has 0 N–H and O–H groups in total. The van der Waals surface area contributed by atoms with Crippen molar-refractivity contribution in [1.29, 1.82) is 0 Å². The summed E-state index contributed by atoms with van der Waals surface area (Å²) in [7, 11) is 0. The fourth-order valence-corrected chi connectivity index (χ4v) is 9.09. The van der Waals surface area contributed by atoms with Gasteiger partial charge in [0.25, 0.3) is 0 Å². The van der Waals surface area contributed by atoms with Crippen LogP contribution < -0.4 is 4.90 Å². The fourth-order valence-electron chi connectivity index (χ4n) is 9.09. The molecule has 0 saturated carbocycles. The Kier molecular flexibility index (Phi) is 6.87. The zero-order valence-electron chi connectivity index (χ0n) is 30.0. The lowest BCUT2D eigenvalue weighted by Gasteiger charge is -2.43. The second-order valence-corrected chi connectivity index (χ2v) is 14.6. The molecule has 1 aliphatic heterocycles. The van der Waals surface area contributed by atoms with E-state index in [1.54, 1.807) is 0 Å². The van der Waals surface area contributed by atoms with Gasteiger partial charge < -0.3 is 9.47 Å². The van der Waals surface area contributed by atoms with Gasteiger partial charge in [-0.1, -0.05) is 142 Å². The van der Waals surface area contributed by atoms with Gasteiger partial charge in [-0.3, -0.25) is 0 Å². The second-order valence-electron chi connectivity index (χ2n) is 14.6. The second kappa shape index (κ2) is 11.7. The van der Waals surface area contributed by atoms with Crippen LogP contribution in [0.25, 0.3) is 72.2 Å². The highest BCUT2D eigenvalue weighted by Crippen LogP contribution is 2.56. The van der Waals surface area contributed by atoms with Crippen LogP contribution in [0.4, 0.5) is 17.1 Å². The van der Waals surface area contributed by atoms with Crippen LogP contribution in [0.5, 0.6) is 0 Å². The molecule has 2 nitrogen and oxygen atoms in total. The van der Waals surface area contributed by atoms with Crippen molar-refractivity contribution in [1.82, 2.24) is 4.57 Å². The van der Waals surface area contributed by atoms with Crippen molar-refractivity contribution in [3.63, 3.8) is 0 Å². The highest BCUT2D eigenvalue weighted by atomic mass is 15.2. The molecule has 10 rings (SSSR count). The lowest BCUT2D eigenvalue weighted by atomic mass is 9.72. The Hall–Kier alpha value is -6.64. The van der Waals surface area contributed by atoms with Crippen LogP contribution >= 0.6 is 0 Å². The van der Waals surface area contributed by atoms with Crippen molar-refractivity contribution >= 4 is 72.4 Å². The standard InChI is InChI=1S/C51H38N2/c1-5-37-43-28-30-48-49(50(43)53(46(37)6-2)36-19-11-8-12-20-36)51(3,4)45-32-34(26-29-47(45)52(48)35-17-9-7-10-18-35)33-25-27-42-40-23-14-13-21-38(40)39-22-15-16-24-41(39)44(42)31-33/h5-32H,1-2H2,3-4H3. The van der Waals surface area contributed by atoms with Crippen LogP contribution in [0.3, 0.4) is 0 Å². The fraction of sp³-hybridized carbons (Fsp3) is 0.0588. The van der Waals surface area contributed by atoms with Gasteiger partial charge in [0.1, 0.15) is 0 Å². The molecule has 8 aromatic carbocycles. The minimum absolute atomic E-state index is 0.368. The van der Waals surface area contributed by atoms with Gasteiger partial charge in [-0.2, -0.15) is 0 Å². The summed E-state index contributed by atoms with van der Waals surface area (Å²) in [6.45, 7) is 13.3. The number of hydrogen-bond acceptors (Lipinski definition) is 1. The summed E-state index contributed by atoms with van der Waals surface area (Å²) in [6.07, 6.45) is 3.95. The zero-order chi connectivity index (χ0) is 35.8. The van der Waals surface area contributed by atoms with E-state index in [1.165, 1.54) is 76.8 Å². The minimum Gasteiger partial charge on any atom is -0.310 e. The molecule has 0 saturated heterocycles. The lowest BCUT2D eigenvalue weighted by Crippen LogP contribution is -2.31. The molecule has 2 heteroatoms. The molecule has 0 atom stereocenters. The Bertz CT molecular complexity index is 2910. The van der Waals surface area contributed by atoms with Crippen molar-refractivity contribution in [3.8, 4) is 16.8 Å². The summed E-state index contributed by atoms with van der Waals surface area (Å²) < 4.78 is 2.39. The van der Waals surface area contributed by atoms with Gasteiger partial charge in [0.15, 0.2) is 0 Å². The van der Waals surface area contributed by atoms with Gasteiger partial charge in [-0.05, 0) is 104 Å². The predicted octanol–water partition coefficient (Wildman–Crippen LogP) is 14.2. The van der Waals surface area contributed by atoms with Crippen molar-refractivity contribution < 1.29 is 0 Å². The molecule has 2 heterocycles. The molecule has 9 aromatic rings. The van der Waals surface area contributed by atoms with E-state index in [2.05, 4.69) is 194 Å². The first kappa shape index (κ1) is 31.1. The summed E-state index contributed by atoms with van der Waals surface area (Å²) in [5, 5.41) is 8.89. The van der Waals surface area contributed by atoms with Gasteiger partial charge in [-0.15, -0.1) is 0 Å². The van der Waals surface area contributed by atoms with E-state index in [1.807, 2.05) is 12.2 Å². The number of benzene rings is 8. The monoisotopic (exact) mass is 678 g/mol. The molecule has 0 aliphatic carbocycles. The molecular weight excluding hydrogens is 641 g/mol. The van der Waals surface area contributed by atoms with Gasteiger partial charge in [0.05, 0.1) is 22.6 Å². The summed E-state index contributed by atoms with van der Waals surface area (Å²) in [5.74, 6) is 0. The van der Waals surface area contributed by atoms with Crippen LogP contribution in [0.15, 0.2) is 171 Å². The van der Waals surface area contributed by atoms with Crippen LogP contribution in [0.2, 0.25) is 0 Å². The van der Waals surface area contributed by atoms with Gasteiger partial charge >= 0.3 is 0 Å². The first-order valence-electron chi connectivity index (χ1n) is 18.3. The van der Waals surface area contributed by atoms with Crippen LogP contribution in [0.1, 0.15) is 36.2 Å². The number of hydrogen-bond donors (Lipinski definition) is 0. The topological polar surface area (TPSA) is 8.17 Å². The predicted molar refractivity (Wildman–Crippen MR) is 228 cm³/mol. The van der Waals surface area contributed by atoms with Crippen molar-refractivity contribution in [3.05, 3.63) is 193 Å². The highest BCUT2D eigenvalue weighted by molar-refractivity contribution is 6.25. The number of nitrogens with zero attached hydrogens (tertiary/aromatic N) is 2. The molecular formula is C51H38N2. The largest absolute Gasteiger partial charge is 0.310 e. The molecule has 0 radical (unpaired) electrons. The van der Waals surface area contributed by atoms with Crippen molar-refractivity contribution in [2.24, 2.45) is 0 Å².